The molecule has 2 rings (SSSR count). The van der Waals surface area contributed by atoms with Crippen molar-refractivity contribution in [2.45, 2.75) is 43.9 Å². The summed E-state index contributed by atoms with van der Waals surface area (Å²) in [6.07, 6.45) is 3.46. The summed E-state index contributed by atoms with van der Waals surface area (Å²) < 4.78 is 32.2. The molecule has 0 aliphatic carbocycles. The summed E-state index contributed by atoms with van der Waals surface area (Å²) in [4.78, 5) is 2.35. The predicted molar refractivity (Wildman–Crippen MR) is 83.7 cm³/mol. The molecule has 7 heteroatoms. The summed E-state index contributed by atoms with van der Waals surface area (Å²) in [5.41, 5.74) is 5.84. The highest BCUT2D eigenvalue weighted by Gasteiger charge is 2.35. The highest BCUT2D eigenvalue weighted by Crippen LogP contribution is 2.21. The van der Waals surface area contributed by atoms with E-state index >= 15 is 0 Å². The van der Waals surface area contributed by atoms with E-state index in [9.17, 15) is 8.42 Å². The van der Waals surface area contributed by atoms with Crippen LogP contribution >= 0.6 is 0 Å². The Balaban J connectivity index is 1.90. The summed E-state index contributed by atoms with van der Waals surface area (Å²) in [5, 5.41) is -0.251. The van der Waals surface area contributed by atoms with E-state index in [0.29, 0.717) is 51.7 Å². The van der Waals surface area contributed by atoms with E-state index in [1.54, 1.807) is 4.31 Å². The first-order chi connectivity index (χ1) is 10.1. The zero-order chi connectivity index (χ0) is 15.3. The fourth-order valence-corrected chi connectivity index (χ4v) is 5.17. The smallest absolute Gasteiger partial charge is 0.217 e. The molecule has 2 aliphatic heterocycles. The van der Waals surface area contributed by atoms with Crippen molar-refractivity contribution in [1.29, 1.82) is 0 Å². The third-order valence-corrected chi connectivity index (χ3v) is 7.03. The molecule has 21 heavy (non-hydrogen) atoms. The first-order valence-electron chi connectivity index (χ1n) is 8.10. The summed E-state index contributed by atoms with van der Waals surface area (Å²) in [6, 6.07) is 0.392. The fraction of sp³-hybridized carbons (Fsp3) is 1.00. The number of nitrogens with two attached hydrogens (primary N) is 1. The van der Waals surface area contributed by atoms with E-state index < -0.39 is 10.0 Å². The van der Waals surface area contributed by atoms with Gasteiger partial charge in [-0.3, -0.25) is 4.90 Å². The van der Waals surface area contributed by atoms with E-state index in [-0.39, 0.29) is 5.25 Å². The van der Waals surface area contributed by atoms with Crippen molar-refractivity contribution in [2.24, 2.45) is 5.73 Å². The Bertz CT molecular complexity index is 402. The lowest BCUT2D eigenvalue weighted by molar-refractivity contribution is 0.0950. The van der Waals surface area contributed by atoms with Crippen LogP contribution in [0.15, 0.2) is 0 Å². The van der Waals surface area contributed by atoms with Crippen LogP contribution in [0.1, 0.15) is 32.6 Å². The Hall–Kier alpha value is -0.210. The van der Waals surface area contributed by atoms with E-state index in [0.717, 1.165) is 25.9 Å². The number of nitrogens with zero attached hydrogens (tertiary/aromatic N) is 2. The van der Waals surface area contributed by atoms with Gasteiger partial charge in [-0.25, -0.2) is 8.42 Å². The maximum atomic E-state index is 12.6. The van der Waals surface area contributed by atoms with Crippen LogP contribution in [0.3, 0.4) is 0 Å². The van der Waals surface area contributed by atoms with E-state index in [4.69, 9.17) is 10.5 Å². The Kier molecular flexibility index (Phi) is 6.43. The minimum atomic E-state index is -3.16. The Morgan fingerprint density at radius 1 is 1.19 bits per heavy atom. The van der Waals surface area contributed by atoms with Gasteiger partial charge in [0.25, 0.3) is 0 Å². The third-order valence-electron chi connectivity index (χ3n) is 4.63. The molecular formula is C14H29N3O3S. The predicted octanol–water partition coefficient (Wildman–Crippen LogP) is 0.240. The van der Waals surface area contributed by atoms with E-state index in [1.807, 2.05) is 0 Å². The van der Waals surface area contributed by atoms with Crippen molar-refractivity contribution in [1.82, 2.24) is 9.21 Å². The number of hydrogen-bond acceptors (Lipinski definition) is 5. The lowest BCUT2D eigenvalue weighted by Gasteiger charge is -2.39. The Morgan fingerprint density at radius 3 is 2.33 bits per heavy atom. The molecule has 2 fully saturated rings. The molecule has 6 nitrogen and oxygen atoms in total. The van der Waals surface area contributed by atoms with Gasteiger partial charge < -0.3 is 10.5 Å². The molecule has 1 unspecified atom stereocenters. The molecule has 0 aromatic rings. The molecule has 0 aromatic heterocycles. The van der Waals surface area contributed by atoms with E-state index in [1.165, 1.54) is 0 Å². The number of rotatable bonds is 6. The molecule has 2 saturated heterocycles. The van der Waals surface area contributed by atoms with Crippen LogP contribution in [0.25, 0.3) is 0 Å². The van der Waals surface area contributed by atoms with Crippen LogP contribution in [0.5, 0.6) is 0 Å². The highest BCUT2D eigenvalue weighted by molar-refractivity contribution is 7.89. The van der Waals surface area contributed by atoms with Crippen LogP contribution in [0.4, 0.5) is 0 Å². The minimum absolute atomic E-state index is 0.251. The molecule has 0 radical (unpaired) electrons. The van der Waals surface area contributed by atoms with E-state index in [2.05, 4.69) is 11.8 Å². The molecule has 0 spiro atoms. The van der Waals surface area contributed by atoms with Crippen molar-refractivity contribution < 1.29 is 13.2 Å². The number of piperazine rings is 1. The Morgan fingerprint density at radius 2 is 1.81 bits per heavy atom. The zero-order valence-corrected chi connectivity index (χ0v) is 13.9. The van der Waals surface area contributed by atoms with Crippen molar-refractivity contribution in [2.75, 3.05) is 45.9 Å². The zero-order valence-electron chi connectivity index (χ0n) is 13.0. The molecule has 0 saturated carbocycles. The third kappa shape index (κ3) is 4.16. The lowest BCUT2D eigenvalue weighted by atomic mass is 10.1. The molecule has 0 amide bonds. The molecule has 0 aromatic carbocycles. The van der Waals surface area contributed by atoms with Gasteiger partial charge >= 0.3 is 0 Å². The van der Waals surface area contributed by atoms with Gasteiger partial charge in [0.1, 0.15) is 0 Å². The normalized spacial score (nSPS) is 25.0. The molecule has 124 valence electrons. The van der Waals surface area contributed by atoms with Crippen LogP contribution < -0.4 is 5.73 Å². The maximum absolute atomic E-state index is 12.6. The molecule has 0 bridgehead atoms. The maximum Gasteiger partial charge on any atom is 0.217 e. The fourth-order valence-electron chi connectivity index (χ4n) is 3.29. The van der Waals surface area contributed by atoms with Gasteiger partial charge in [-0.2, -0.15) is 4.31 Å². The number of ether oxygens (including phenoxy) is 1. The molecular weight excluding hydrogens is 290 g/mol. The largest absolute Gasteiger partial charge is 0.381 e. The first kappa shape index (κ1) is 17.1. The quantitative estimate of drug-likeness (QED) is 0.759. The molecule has 2 N–H and O–H groups in total. The number of hydrogen-bond donors (Lipinski definition) is 1. The van der Waals surface area contributed by atoms with Crippen LogP contribution in [0.2, 0.25) is 0 Å². The highest BCUT2D eigenvalue weighted by atomic mass is 32.2. The Labute approximate surface area is 128 Å². The molecule has 1 atom stereocenters. The van der Waals surface area contributed by atoms with Crippen LogP contribution in [0, 0.1) is 0 Å². The van der Waals surface area contributed by atoms with Gasteiger partial charge in [-0.15, -0.1) is 0 Å². The van der Waals surface area contributed by atoms with Gasteiger partial charge in [0, 0.05) is 52.0 Å². The van der Waals surface area contributed by atoms with Crippen molar-refractivity contribution in [3.8, 4) is 0 Å². The van der Waals surface area contributed by atoms with Crippen LogP contribution in [-0.4, -0.2) is 74.9 Å². The summed E-state index contributed by atoms with van der Waals surface area (Å²) >= 11 is 0. The van der Waals surface area contributed by atoms with Gasteiger partial charge in [-0.1, -0.05) is 13.3 Å². The first-order valence-corrected chi connectivity index (χ1v) is 9.60. The van der Waals surface area contributed by atoms with Crippen molar-refractivity contribution >= 4 is 10.0 Å². The van der Waals surface area contributed by atoms with Gasteiger partial charge in [-0.05, 0) is 19.3 Å². The summed E-state index contributed by atoms with van der Waals surface area (Å²) in [6.45, 7) is 6.73. The van der Waals surface area contributed by atoms with Crippen LogP contribution in [-0.2, 0) is 14.8 Å². The SMILES string of the molecule is CCCC(CN)N1CCN(S(=O)(=O)C2CCOCC2)CC1. The average molecular weight is 319 g/mol. The average Bonchev–Trinajstić information content (AvgIpc) is 2.53. The molecule has 2 heterocycles. The van der Waals surface area contributed by atoms with Crippen molar-refractivity contribution in [3.63, 3.8) is 0 Å². The second kappa shape index (κ2) is 7.87. The number of sulfonamides is 1. The monoisotopic (exact) mass is 319 g/mol. The second-order valence-corrected chi connectivity index (χ2v) is 8.18. The topological polar surface area (TPSA) is 75.9 Å². The van der Waals surface area contributed by atoms with Crippen molar-refractivity contribution in [3.05, 3.63) is 0 Å². The van der Waals surface area contributed by atoms with Gasteiger partial charge in [0.05, 0.1) is 5.25 Å². The second-order valence-electron chi connectivity index (χ2n) is 5.97. The molecule has 2 aliphatic rings. The summed E-state index contributed by atoms with van der Waals surface area (Å²) in [7, 11) is -3.16. The standard InChI is InChI=1S/C14H29N3O3S/c1-2-3-13(12-15)16-6-8-17(9-7-16)21(18,19)14-4-10-20-11-5-14/h13-14H,2-12,15H2,1H3. The summed E-state index contributed by atoms with van der Waals surface area (Å²) in [5.74, 6) is 0. The van der Waals surface area contributed by atoms with Gasteiger partial charge in [0.15, 0.2) is 0 Å². The van der Waals surface area contributed by atoms with Gasteiger partial charge in [0.2, 0.25) is 10.0 Å². The minimum Gasteiger partial charge on any atom is -0.381 e. The lowest BCUT2D eigenvalue weighted by Crippen LogP contribution is -2.55.